The Morgan fingerprint density at radius 3 is 2.46 bits per heavy atom. The largest absolute Gasteiger partial charge is 0.496 e. The molecule has 4 rings (SSSR count). The van der Waals surface area contributed by atoms with Gasteiger partial charge in [-0.2, -0.15) is 4.31 Å². The third kappa shape index (κ3) is 2.61. The monoisotopic (exact) mass is 370 g/mol. The maximum atomic E-state index is 13.2. The second kappa shape index (κ2) is 6.14. The number of rotatable bonds is 3. The van der Waals surface area contributed by atoms with Gasteiger partial charge in [0.2, 0.25) is 10.0 Å². The van der Waals surface area contributed by atoms with E-state index in [1.54, 1.807) is 23.5 Å². The highest BCUT2D eigenvalue weighted by Gasteiger charge is 2.30. The summed E-state index contributed by atoms with van der Waals surface area (Å²) in [4.78, 5) is 3.74. The van der Waals surface area contributed by atoms with E-state index < -0.39 is 10.0 Å². The van der Waals surface area contributed by atoms with Crippen molar-refractivity contribution in [3.63, 3.8) is 0 Å². The quantitative estimate of drug-likeness (QED) is 0.767. The van der Waals surface area contributed by atoms with Crippen LogP contribution in [-0.4, -0.2) is 31.4 Å². The molecule has 0 fully saturated rings. The number of aryl methyl sites for hydroxylation is 2. The highest BCUT2D eigenvalue weighted by molar-refractivity contribution is 7.89. The van der Waals surface area contributed by atoms with Crippen molar-refractivity contribution in [2.75, 3.05) is 13.7 Å². The van der Waals surface area contributed by atoms with E-state index in [9.17, 15) is 8.42 Å². The van der Waals surface area contributed by atoms with Crippen LogP contribution in [0.1, 0.15) is 22.4 Å². The van der Waals surface area contributed by atoms with Crippen LogP contribution in [0.25, 0.3) is 10.9 Å². The van der Waals surface area contributed by atoms with Gasteiger partial charge in [0.1, 0.15) is 5.75 Å². The van der Waals surface area contributed by atoms with Gasteiger partial charge in [-0.15, -0.1) is 0 Å². The zero-order valence-electron chi connectivity index (χ0n) is 15.2. The number of aromatic nitrogens is 1. The molecule has 1 aliphatic rings. The summed E-state index contributed by atoms with van der Waals surface area (Å²) in [5.74, 6) is 0.726. The van der Waals surface area contributed by atoms with Crippen molar-refractivity contribution in [1.82, 2.24) is 9.29 Å². The van der Waals surface area contributed by atoms with Crippen LogP contribution in [0.3, 0.4) is 0 Å². The van der Waals surface area contributed by atoms with Crippen LogP contribution in [0.15, 0.2) is 41.3 Å². The van der Waals surface area contributed by atoms with Crippen LogP contribution in [-0.2, 0) is 23.0 Å². The van der Waals surface area contributed by atoms with Gasteiger partial charge in [0.25, 0.3) is 0 Å². The van der Waals surface area contributed by atoms with Crippen molar-refractivity contribution in [1.29, 1.82) is 0 Å². The number of methoxy groups -OCH3 is 1. The Labute approximate surface area is 153 Å². The molecule has 0 unspecified atom stereocenters. The first-order valence-electron chi connectivity index (χ1n) is 8.65. The van der Waals surface area contributed by atoms with E-state index in [4.69, 9.17) is 4.74 Å². The molecule has 0 amide bonds. The molecule has 0 radical (unpaired) electrons. The molecule has 0 aliphatic carbocycles. The number of hydrogen-bond acceptors (Lipinski definition) is 3. The maximum Gasteiger partial charge on any atom is 0.243 e. The normalized spacial score (nSPS) is 15.2. The molecule has 26 heavy (non-hydrogen) atoms. The van der Waals surface area contributed by atoms with Gasteiger partial charge in [-0.1, -0.05) is 17.7 Å². The van der Waals surface area contributed by atoms with Gasteiger partial charge < -0.3 is 9.72 Å². The molecule has 2 heterocycles. The summed E-state index contributed by atoms with van der Waals surface area (Å²) in [6.07, 6.45) is 0.678. The molecule has 0 atom stereocenters. The fourth-order valence-corrected chi connectivity index (χ4v) is 5.17. The minimum Gasteiger partial charge on any atom is -0.496 e. The molecule has 1 aromatic heterocycles. The lowest BCUT2D eigenvalue weighted by atomic mass is 10.0. The zero-order chi connectivity index (χ0) is 18.5. The van der Waals surface area contributed by atoms with E-state index >= 15 is 0 Å². The van der Waals surface area contributed by atoms with E-state index in [2.05, 4.69) is 4.98 Å². The Morgan fingerprint density at radius 2 is 1.77 bits per heavy atom. The highest BCUT2D eigenvalue weighted by Crippen LogP contribution is 2.36. The summed E-state index contributed by atoms with van der Waals surface area (Å²) in [6, 6.07) is 10.9. The lowest BCUT2D eigenvalue weighted by Crippen LogP contribution is -2.31. The van der Waals surface area contributed by atoms with Gasteiger partial charge in [0, 0.05) is 35.2 Å². The van der Waals surface area contributed by atoms with E-state index in [0.717, 1.165) is 33.5 Å². The first kappa shape index (κ1) is 17.1. The number of H-pyrrole nitrogens is 1. The van der Waals surface area contributed by atoms with Crippen molar-refractivity contribution in [3.8, 4) is 5.75 Å². The minimum atomic E-state index is -3.56. The fraction of sp³-hybridized carbons (Fsp3) is 0.300. The van der Waals surface area contributed by atoms with E-state index in [-0.39, 0.29) is 0 Å². The lowest BCUT2D eigenvalue weighted by molar-refractivity contribution is 0.385. The highest BCUT2D eigenvalue weighted by atomic mass is 32.2. The van der Waals surface area contributed by atoms with Crippen LogP contribution in [0, 0.1) is 13.8 Å². The number of ether oxygens (including phenoxy) is 1. The Morgan fingerprint density at radius 1 is 1.04 bits per heavy atom. The number of sulfonamides is 1. The summed E-state index contributed by atoms with van der Waals surface area (Å²) in [5, 5.41) is 1.10. The molecule has 0 bridgehead atoms. The predicted octanol–water partition coefficient (Wildman–Crippen LogP) is 3.54. The number of benzene rings is 2. The molecule has 2 aromatic carbocycles. The predicted molar refractivity (Wildman–Crippen MR) is 102 cm³/mol. The zero-order valence-corrected chi connectivity index (χ0v) is 16.0. The number of nitrogens with zero attached hydrogens (tertiary/aromatic N) is 1. The van der Waals surface area contributed by atoms with Crippen LogP contribution >= 0.6 is 0 Å². The number of nitrogens with one attached hydrogen (secondary N) is 1. The topological polar surface area (TPSA) is 62.4 Å². The van der Waals surface area contributed by atoms with Gasteiger partial charge in [0.15, 0.2) is 0 Å². The molecule has 136 valence electrons. The number of hydrogen-bond donors (Lipinski definition) is 1. The van der Waals surface area contributed by atoms with Crippen LogP contribution in [0.4, 0.5) is 0 Å². The molecule has 3 aromatic rings. The van der Waals surface area contributed by atoms with Crippen molar-refractivity contribution in [2.45, 2.75) is 31.7 Å². The first-order valence-corrected chi connectivity index (χ1v) is 10.1. The average molecular weight is 370 g/mol. The molecular weight excluding hydrogens is 348 g/mol. The number of aromatic amines is 1. The lowest BCUT2D eigenvalue weighted by Gasteiger charge is -2.21. The molecule has 0 saturated carbocycles. The van der Waals surface area contributed by atoms with Gasteiger partial charge in [0.05, 0.1) is 12.0 Å². The van der Waals surface area contributed by atoms with E-state index in [1.807, 2.05) is 38.1 Å². The molecule has 0 saturated heterocycles. The molecule has 5 nitrogen and oxygen atoms in total. The second-order valence-electron chi connectivity index (χ2n) is 6.80. The molecule has 0 spiro atoms. The van der Waals surface area contributed by atoms with Crippen molar-refractivity contribution < 1.29 is 13.2 Å². The maximum absolute atomic E-state index is 13.2. The average Bonchev–Trinajstić information content (AvgIpc) is 2.80. The Kier molecular flexibility index (Phi) is 4.04. The first-order chi connectivity index (χ1) is 12.4. The minimum absolute atomic E-state index is 0.307. The molecular formula is C20H22N2O3S. The summed E-state index contributed by atoms with van der Waals surface area (Å²) < 4.78 is 33.5. The standard InChI is InChI=1S/C20H22N2O3S/c1-13-4-6-15(7-5-13)26(23,24)22-11-10-16-14(2)21-18-8-9-19(25-3)17(12-22)20(16)18/h4-9,21H,10-12H2,1-3H3. The fourth-order valence-electron chi connectivity index (χ4n) is 3.76. The van der Waals surface area contributed by atoms with Gasteiger partial charge in [-0.25, -0.2) is 8.42 Å². The van der Waals surface area contributed by atoms with E-state index in [1.165, 1.54) is 5.56 Å². The SMILES string of the molecule is COc1ccc2[nH]c(C)c3c2c1CN(S(=O)(=O)c1ccc(C)cc1)CC3. The van der Waals surface area contributed by atoms with Gasteiger partial charge in [-0.3, -0.25) is 0 Å². The van der Waals surface area contributed by atoms with Crippen LogP contribution < -0.4 is 4.74 Å². The Hall–Kier alpha value is -2.31. The van der Waals surface area contributed by atoms with E-state index in [0.29, 0.717) is 24.4 Å². The second-order valence-corrected chi connectivity index (χ2v) is 8.74. The van der Waals surface area contributed by atoms with Crippen molar-refractivity contribution in [3.05, 3.63) is 58.8 Å². The van der Waals surface area contributed by atoms with Crippen molar-refractivity contribution in [2.24, 2.45) is 0 Å². The molecule has 1 aliphatic heterocycles. The summed E-state index contributed by atoms with van der Waals surface area (Å²) in [6.45, 7) is 4.74. The molecule has 6 heteroatoms. The Bertz CT molecular complexity index is 1080. The van der Waals surface area contributed by atoms with Crippen molar-refractivity contribution >= 4 is 20.9 Å². The molecule has 1 N–H and O–H groups in total. The van der Waals surface area contributed by atoms with Gasteiger partial charge >= 0.3 is 0 Å². The summed E-state index contributed by atoms with van der Waals surface area (Å²) >= 11 is 0. The smallest absolute Gasteiger partial charge is 0.243 e. The van der Waals surface area contributed by atoms with Crippen LogP contribution in [0.5, 0.6) is 5.75 Å². The third-order valence-corrected chi connectivity index (χ3v) is 7.03. The Balaban J connectivity index is 1.83. The summed E-state index contributed by atoms with van der Waals surface area (Å²) in [5.41, 5.74) is 5.26. The van der Waals surface area contributed by atoms with Gasteiger partial charge in [-0.05, 0) is 50.1 Å². The third-order valence-electron chi connectivity index (χ3n) is 5.17. The summed E-state index contributed by atoms with van der Waals surface area (Å²) in [7, 11) is -1.94. The van der Waals surface area contributed by atoms with Crippen LogP contribution in [0.2, 0.25) is 0 Å².